The van der Waals surface area contributed by atoms with E-state index in [1.54, 1.807) is 0 Å². The van der Waals surface area contributed by atoms with E-state index < -0.39 is 0 Å². The van der Waals surface area contributed by atoms with E-state index in [9.17, 15) is 0 Å². The van der Waals surface area contributed by atoms with Crippen molar-refractivity contribution in [2.24, 2.45) is 0 Å². The van der Waals surface area contributed by atoms with Crippen LogP contribution in [0.3, 0.4) is 0 Å². The fourth-order valence-electron chi connectivity index (χ4n) is 8.07. The molecule has 9 aromatic rings. The van der Waals surface area contributed by atoms with Crippen LogP contribution in [0.15, 0.2) is 176 Å². The van der Waals surface area contributed by atoms with Crippen LogP contribution in [0.4, 0.5) is 0 Å². The monoisotopic (exact) mass is 640 g/mol. The molecule has 0 spiro atoms. The second kappa shape index (κ2) is 11.6. The average molecular weight is 641 g/mol. The van der Waals surface area contributed by atoms with E-state index in [1.807, 2.05) is 24.8 Å². The lowest BCUT2D eigenvalue weighted by atomic mass is 9.82. The lowest BCUT2D eigenvalue weighted by Gasteiger charge is -2.27. The van der Waals surface area contributed by atoms with Crippen LogP contribution in [-0.2, 0) is 0 Å². The third kappa shape index (κ3) is 4.46. The molecule has 0 bridgehead atoms. The summed E-state index contributed by atoms with van der Waals surface area (Å²) in [7, 11) is 0. The summed E-state index contributed by atoms with van der Waals surface area (Å²) in [6.07, 6.45) is 13.6. The maximum Gasteiger partial charge on any atom is 0.0724 e. The molecule has 1 aliphatic rings. The average Bonchev–Trinajstić information content (AvgIpc) is 3.71. The van der Waals surface area contributed by atoms with Gasteiger partial charge in [0.15, 0.2) is 0 Å². The van der Waals surface area contributed by atoms with Crippen LogP contribution in [0.25, 0.3) is 71.6 Å². The molecule has 1 aliphatic carbocycles. The molecule has 0 radical (unpaired) electrons. The number of aromatic nitrogens is 4. The Balaban J connectivity index is 1.18. The van der Waals surface area contributed by atoms with Gasteiger partial charge in [-0.25, -0.2) is 0 Å². The van der Waals surface area contributed by atoms with E-state index >= 15 is 0 Å². The van der Waals surface area contributed by atoms with Crippen molar-refractivity contribution in [2.75, 3.05) is 0 Å². The Morgan fingerprint density at radius 2 is 1.08 bits per heavy atom. The highest BCUT2D eigenvalue weighted by atomic mass is 15.0. The molecular formula is C46H32N4. The van der Waals surface area contributed by atoms with Crippen molar-refractivity contribution in [1.82, 2.24) is 19.1 Å². The summed E-state index contributed by atoms with van der Waals surface area (Å²) in [4.78, 5) is 9.08. The molecule has 4 heteroatoms. The van der Waals surface area contributed by atoms with Crippen molar-refractivity contribution in [3.63, 3.8) is 0 Å². The molecule has 5 aromatic carbocycles. The predicted molar refractivity (Wildman–Crippen MR) is 207 cm³/mol. The predicted octanol–water partition coefficient (Wildman–Crippen LogP) is 11.5. The largest absolute Gasteiger partial charge is 0.332 e. The Labute approximate surface area is 289 Å². The summed E-state index contributed by atoms with van der Waals surface area (Å²) in [5, 5.41) is 4.93. The van der Waals surface area contributed by atoms with Gasteiger partial charge in [-0.1, -0.05) is 115 Å². The van der Waals surface area contributed by atoms with E-state index in [4.69, 9.17) is 0 Å². The van der Waals surface area contributed by atoms with Gasteiger partial charge in [-0.05, 0) is 76.2 Å². The topological polar surface area (TPSA) is 35.6 Å². The number of benzene rings is 5. The van der Waals surface area contributed by atoms with E-state index in [1.165, 1.54) is 66.0 Å². The fraction of sp³-hybridized carbons (Fsp3) is 0.0435. The summed E-state index contributed by atoms with van der Waals surface area (Å²) in [6.45, 7) is 0. The molecule has 4 heterocycles. The zero-order chi connectivity index (χ0) is 33.0. The van der Waals surface area contributed by atoms with Crippen molar-refractivity contribution in [1.29, 1.82) is 0 Å². The molecular weight excluding hydrogens is 609 g/mol. The Morgan fingerprint density at radius 3 is 1.84 bits per heavy atom. The van der Waals surface area contributed by atoms with Crippen LogP contribution >= 0.6 is 0 Å². The van der Waals surface area contributed by atoms with Crippen molar-refractivity contribution in [2.45, 2.75) is 12.5 Å². The number of pyridine rings is 2. The normalized spacial score (nSPS) is 14.8. The number of nitrogens with zero attached hydrogens (tertiary/aromatic N) is 4. The summed E-state index contributed by atoms with van der Waals surface area (Å²) < 4.78 is 4.83. The summed E-state index contributed by atoms with van der Waals surface area (Å²) in [5.41, 5.74) is 13.1. The number of hydrogen-bond acceptors (Lipinski definition) is 2. The molecule has 236 valence electrons. The number of rotatable bonds is 5. The lowest BCUT2D eigenvalue weighted by molar-refractivity contribution is 0.651. The van der Waals surface area contributed by atoms with Gasteiger partial charge in [0.05, 0.1) is 35.0 Å². The van der Waals surface area contributed by atoms with Gasteiger partial charge >= 0.3 is 0 Å². The molecule has 10 rings (SSSR count). The van der Waals surface area contributed by atoms with Gasteiger partial charge in [0, 0.05) is 45.1 Å². The molecule has 0 fully saturated rings. The Kier molecular flexibility index (Phi) is 6.59. The van der Waals surface area contributed by atoms with Crippen molar-refractivity contribution < 1.29 is 0 Å². The molecule has 0 N–H and O–H groups in total. The number of fused-ring (bicyclic) bond motifs is 6. The van der Waals surface area contributed by atoms with Gasteiger partial charge in [0.2, 0.25) is 0 Å². The van der Waals surface area contributed by atoms with Gasteiger partial charge in [-0.3, -0.25) is 9.97 Å². The molecule has 0 saturated carbocycles. The number of para-hydroxylation sites is 2. The van der Waals surface area contributed by atoms with E-state index in [0.29, 0.717) is 0 Å². The first kappa shape index (κ1) is 28.5. The molecule has 1 atom stereocenters. The zero-order valence-electron chi connectivity index (χ0n) is 27.3. The molecule has 0 saturated heterocycles. The van der Waals surface area contributed by atoms with E-state index in [2.05, 4.69) is 171 Å². The zero-order valence-corrected chi connectivity index (χ0v) is 27.3. The fourth-order valence-corrected chi connectivity index (χ4v) is 8.07. The minimum absolute atomic E-state index is 0.130. The standard InChI is InChI=1S/C46H32N4/c1-3-11-31(12-4-1)41-27-33(49-43-17-9-7-15-37(43)39-23-25-47-29-45(39)49)19-21-35(41)36-22-20-34(28-42(36)32-13-5-2-6-14-32)50-44-18-10-8-16-38(44)40-24-26-48-30-46(40)50/h1-19,21-30,34H,20H2. The van der Waals surface area contributed by atoms with Crippen LogP contribution in [-0.4, -0.2) is 19.1 Å². The van der Waals surface area contributed by atoms with Gasteiger partial charge in [-0.15, -0.1) is 0 Å². The number of hydrogen-bond donors (Lipinski definition) is 0. The van der Waals surface area contributed by atoms with E-state index in [0.717, 1.165) is 23.1 Å². The number of allylic oxidation sites excluding steroid dienone is 4. The van der Waals surface area contributed by atoms with Gasteiger partial charge < -0.3 is 9.13 Å². The molecule has 1 unspecified atom stereocenters. The van der Waals surface area contributed by atoms with Crippen molar-refractivity contribution in [3.05, 3.63) is 188 Å². The van der Waals surface area contributed by atoms with Gasteiger partial charge in [-0.2, -0.15) is 0 Å². The third-order valence-electron chi connectivity index (χ3n) is 10.3. The van der Waals surface area contributed by atoms with Gasteiger partial charge in [0.25, 0.3) is 0 Å². The smallest absolute Gasteiger partial charge is 0.0724 e. The van der Waals surface area contributed by atoms with Crippen molar-refractivity contribution >= 4 is 54.8 Å². The molecule has 50 heavy (non-hydrogen) atoms. The van der Waals surface area contributed by atoms with E-state index in [-0.39, 0.29) is 6.04 Å². The first-order chi connectivity index (χ1) is 24.8. The van der Waals surface area contributed by atoms with Crippen LogP contribution < -0.4 is 0 Å². The second-order valence-electron chi connectivity index (χ2n) is 13.0. The lowest BCUT2D eigenvalue weighted by Crippen LogP contribution is -2.11. The molecule has 4 nitrogen and oxygen atoms in total. The Morgan fingerprint density at radius 1 is 0.480 bits per heavy atom. The minimum Gasteiger partial charge on any atom is -0.332 e. The van der Waals surface area contributed by atoms with Crippen LogP contribution in [0.1, 0.15) is 23.6 Å². The highest BCUT2D eigenvalue weighted by molar-refractivity contribution is 6.11. The highest BCUT2D eigenvalue weighted by Gasteiger charge is 2.25. The summed E-state index contributed by atoms with van der Waals surface area (Å²) >= 11 is 0. The van der Waals surface area contributed by atoms with Crippen LogP contribution in [0, 0.1) is 0 Å². The quantitative estimate of drug-likeness (QED) is 0.188. The Hall–Kier alpha value is -6.52. The minimum atomic E-state index is 0.130. The third-order valence-corrected chi connectivity index (χ3v) is 10.3. The molecule has 0 aliphatic heterocycles. The SMILES string of the molecule is C1=C(c2ccccc2)C(c2ccc(-n3c4ccccc4c4ccncc43)cc2-c2ccccc2)=CCC1n1c2ccccc2c2ccncc21. The maximum absolute atomic E-state index is 4.55. The summed E-state index contributed by atoms with van der Waals surface area (Å²) in [5.74, 6) is 0. The summed E-state index contributed by atoms with van der Waals surface area (Å²) in [6, 6.07) is 50.3. The first-order valence-electron chi connectivity index (χ1n) is 17.2. The van der Waals surface area contributed by atoms with Crippen LogP contribution in [0.5, 0.6) is 0 Å². The van der Waals surface area contributed by atoms with Crippen LogP contribution in [0.2, 0.25) is 0 Å². The molecule has 0 amide bonds. The van der Waals surface area contributed by atoms with Crippen molar-refractivity contribution in [3.8, 4) is 16.8 Å². The first-order valence-corrected chi connectivity index (χ1v) is 17.2. The molecule has 4 aromatic heterocycles. The highest BCUT2D eigenvalue weighted by Crippen LogP contribution is 2.45. The maximum atomic E-state index is 4.55. The second-order valence-corrected chi connectivity index (χ2v) is 13.0. The van der Waals surface area contributed by atoms with Gasteiger partial charge in [0.1, 0.15) is 0 Å². The Bertz CT molecular complexity index is 2680.